The van der Waals surface area contributed by atoms with Crippen LogP contribution in [0.15, 0.2) is 4.99 Å². The molecule has 0 aromatic heterocycles. The second-order valence-electron chi connectivity index (χ2n) is 8.02. The van der Waals surface area contributed by atoms with Crippen LogP contribution in [0.2, 0.25) is 0 Å². The highest BCUT2D eigenvalue weighted by Crippen LogP contribution is 2.23. The summed E-state index contributed by atoms with van der Waals surface area (Å²) in [5.41, 5.74) is 0. The third-order valence-electron chi connectivity index (χ3n) is 5.47. The maximum atomic E-state index is 12.4. The molecule has 172 valence electrons. The molecule has 1 atom stereocenters. The van der Waals surface area contributed by atoms with E-state index in [4.69, 9.17) is 4.74 Å². The average Bonchev–Trinajstić information content (AvgIpc) is 2.65. The number of hydrogen-bond acceptors (Lipinski definition) is 4. The standard InChI is InChI=1S/C19H36F3N5O.HI/c1-16(14-26-9-11-28-12-10-26)13-25-18(23-2)24-6-3-17-4-7-27(8-5-17)15-19(20,21)22;/h16-17H,3-15H2,1-2H3,(H2,23,24,25);1H. The Labute approximate surface area is 190 Å². The van der Waals surface area contributed by atoms with Crippen LogP contribution in [0.5, 0.6) is 0 Å². The van der Waals surface area contributed by atoms with Gasteiger partial charge in [0.15, 0.2) is 5.96 Å². The van der Waals surface area contributed by atoms with Crippen molar-refractivity contribution >= 4 is 29.9 Å². The molecule has 2 saturated heterocycles. The minimum absolute atomic E-state index is 0. The summed E-state index contributed by atoms with van der Waals surface area (Å²) in [5, 5.41) is 6.71. The Hall–Kier alpha value is -0.330. The van der Waals surface area contributed by atoms with Crippen molar-refractivity contribution in [1.29, 1.82) is 0 Å². The van der Waals surface area contributed by atoms with Gasteiger partial charge in [-0.15, -0.1) is 24.0 Å². The molecule has 1 unspecified atom stereocenters. The zero-order chi connectivity index (χ0) is 20.4. The van der Waals surface area contributed by atoms with E-state index < -0.39 is 12.7 Å². The largest absolute Gasteiger partial charge is 0.401 e. The Bertz CT molecular complexity index is 467. The number of nitrogens with one attached hydrogen (secondary N) is 2. The number of piperidine rings is 1. The van der Waals surface area contributed by atoms with E-state index in [1.807, 2.05) is 0 Å². The van der Waals surface area contributed by atoms with E-state index in [1.165, 1.54) is 4.90 Å². The first-order chi connectivity index (χ1) is 13.4. The van der Waals surface area contributed by atoms with Crippen LogP contribution < -0.4 is 10.6 Å². The minimum atomic E-state index is -4.09. The third kappa shape index (κ3) is 11.6. The van der Waals surface area contributed by atoms with Gasteiger partial charge in [-0.05, 0) is 44.2 Å². The van der Waals surface area contributed by atoms with Crippen molar-refractivity contribution in [2.45, 2.75) is 32.4 Å². The van der Waals surface area contributed by atoms with E-state index in [9.17, 15) is 13.2 Å². The lowest BCUT2D eigenvalue weighted by Crippen LogP contribution is -2.44. The lowest BCUT2D eigenvalue weighted by Gasteiger charge is -2.32. The summed E-state index contributed by atoms with van der Waals surface area (Å²) in [6.07, 6.45) is -1.46. The van der Waals surface area contributed by atoms with Gasteiger partial charge >= 0.3 is 6.18 Å². The fourth-order valence-corrected chi connectivity index (χ4v) is 3.86. The van der Waals surface area contributed by atoms with Gasteiger partial charge < -0.3 is 15.4 Å². The van der Waals surface area contributed by atoms with Gasteiger partial charge in [0.2, 0.25) is 0 Å². The summed E-state index contributed by atoms with van der Waals surface area (Å²) in [6.45, 7) is 8.85. The Morgan fingerprint density at radius 1 is 1.10 bits per heavy atom. The molecule has 0 aromatic carbocycles. The summed E-state index contributed by atoms with van der Waals surface area (Å²) in [5.74, 6) is 1.79. The Balaban J connectivity index is 0.00000420. The van der Waals surface area contributed by atoms with Crippen LogP contribution in [0.4, 0.5) is 13.2 Å². The van der Waals surface area contributed by atoms with Gasteiger partial charge in [0, 0.05) is 39.8 Å². The van der Waals surface area contributed by atoms with E-state index >= 15 is 0 Å². The zero-order valence-corrected chi connectivity index (χ0v) is 20.0. The van der Waals surface area contributed by atoms with Crippen molar-refractivity contribution in [3.8, 4) is 0 Å². The molecule has 0 aliphatic carbocycles. The number of morpholine rings is 1. The summed E-state index contributed by atoms with van der Waals surface area (Å²) in [4.78, 5) is 8.21. The molecule has 2 aliphatic heterocycles. The SMILES string of the molecule is CN=C(NCCC1CCN(CC(F)(F)F)CC1)NCC(C)CN1CCOCC1.I. The van der Waals surface area contributed by atoms with Crippen LogP contribution in [0, 0.1) is 11.8 Å². The number of hydrogen-bond donors (Lipinski definition) is 2. The fraction of sp³-hybridized carbons (Fsp3) is 0.947. The Kier molecular flexibility index (Phi) is 12.8. The van der Waals surface area contributed by atoms with Gasteiger partial charge in [0.05, 0.1) is 19.8 Å². The summed E-state index contributed by atoms with van der Waals surface area (Å²) in [7, 11) is 1.76. The van der Waals surface area contributed by atoms with Gasteiger partial charge in [-0.1, -0.05) is 6.92 Å². The molecule has 0 amide bonds. The number of aliphatic imine (C=N–C) groups is 1. The predicted molar refractivity (Wildman–Crippen MR) is 121 cm³/mol. The predicted octanol–water partition coefficient (Wildman–Crippen LogP) is 2.40. The van der Waals surface area contributed by atoms with Crippen molar-refractivity contribution in [1.82, 2.24) is 20.4 Å². The zero-order valence-electron chi connectivity index (χ0n) is 17.6. The van der Waals surface area contributed by atoms with Crippen LogP contribution in [-0.4, -0.2) is 94.6 Å². The van der Waals surface area contributed by atoms with Gasteiger partial charge in [0.1, 0.15) is 0 Å². The van der Waals surface area contributed by atoms with Crippen molar-refractivity contribution in [2.24, 2.45) is 16.8 Å². The minimum Gasteiger partial charge on any atom is -0.379 e. The van der Waals surface area contributed by atoms with Crippen molar-refractivity contribution < 1.29 is 17.9 Å². The molecule has 2 fully saturated rings. The molecular weight excluding hydrogens is 498 g/mol. The Morgan fingerprint density at radius 2 is 1.76 bits per heavy atom. The van der Waals surface area contributed by atoms with Crippen LogP contribution in [0.3, 0.4) is 0 Å². The topological polar surface area (TPSA) is 52.1 Å². The number of guanidine groups is 1. The van der Waals surface area contributed by atoms with Gasteiger partial charge in [0.25, 0.3) is 0 Å². The number of halogens is 4. The third-order valence-corrected chi connectivity index (χ3v) is 5.47. The molecule has 0 saturated carbocycles. The molecule has 2 rings (SSSR count). The lowest BCUT2D eigenvalue weighted by molar-refractivity contribution is -0.148. The van der Waals surface area contributed by atoms with Crippen LogP contribution >= 0.6 is 24.0 Å². The second kappa shape index (κ2) is 13.9. The summed E-state index contributed by atoms with van der Waals surface area (Å²) >= 11 is 0. The van der Waals surface area contributed by atoms with Gasteiger partial charge in [-0.25, -0.2) is 0 Å². The van der Waals surface area contributed by atoms with E-state index in [-0.39, 0.29) is 24.0 Å². The first kappa shape index (κ1) is 26.7. The van der Waals surface area contributed by atoms with E-state index in [2.05, 4.69) is 27.4 Å². The smallest absolute Gasteiger partial charge is 0.379 e. The summed E-state index contributed by atoms with van der Waals surface area (Å²) < 4.78 is 42.7. The van der Waals surface area contributed by atoms with Crippen molar-refractivity contribution in [3.05, 3.63) is 0 Å². The van der Waals surface area contributed by atoms with E-state index in [1.54, 1.807) is 7.05 Å². The molecule has 0 spiro atoms. The highest BCUT2D eigenvalue weighted by Gasteiger charge is 2.32. The molecule has 0 bridgehead atoms. The monoisotopic (exact) mass is 535 g/mol. The van der Waals surface area contributed by atoms with Crippen LogP contribution in [0.25, 0.3) is 0 Å². The van der Waals surface area contributed by atoms with Gasteiger partial charge in [-0.2, -0.15) is 13.2 Å². The van der Waals surface area contributed by atoms with Crippen LogP contribution in [0.1, 0.15) is 26.2 Å². The number of ether oxygens (including phenoxy) is 1. The second-order valence-corrected chi connectivity index (χ2v) is 8.02. The first-order valence-corrected chi connectivity index (χ1v) is 10.4. The van der Waals surface area contributed by atoms with E-state index in [0.29, 0.717) is 24.9 Å². The normalized spacial score (nSPS) is 21.5. The van der Waals surface area contributed by atoms with Crippen LogP contribution in [-0.2, 0) is 4.74 Å². The van der Waals surface area contributed by atoms with E-state index in [0.717, 1.165) is 71.2 Å². The number of nitrogens with zero attached hydrogens (tertiary/aromatic N) is 3. The molecule has 10 heteroatoms. The number of rotatable bonds is 8. The Morgan fingerprint density at radius 3 is 2.34 bits per heavy atom. The molecule has 2 N–H and O–H groups in total. The van der Waals surface area contributed by atoms with Crippen molar-refractivity contribution in [2.75, 3.05) is 72.6 Å². The maximum Gasteiger partial charge on any atom is 0.401 e. The molecule has 2 aliphatic rings. The quantitative estimate of drug-likeness (QED) is 0.284. The summed E-state index contributed by atoms with van der Waals surface area (Å²) in [6, 6.07) is 0. The number of likely N-dealkylation sites (tertiary alicyclic amines) is 1. The molecular formula is C19H37F3IN5O. The lowest BCUT2D eigenvalue weighted by atomic mass is 9.93. The molecule has 29 heavy (non-hydrogen) atoms. The van der Waals surface area contributed by atoms with Crippen molar-refractivity contribution in [3.63, 3.8) is 0 Å². The maximum absolute atomic E-state index is 12.4. The highest BCUT2D eigenvalue weighted by molar-refractivity contribution is 14.0. The molecule has 0 radical (unpaired) electrons. The number of alkyl halides is 3. The average molecular weight is 535 g/mol. The highest BCUT2D eigenvalue weighted by atomic mass is 127. The van der Waals surface area contributed by atoms with Gasteiger partial charge in [-0.3, -0.25) is 14.8 Å². The first-order valence-electron chi connectivity index (χ1n) is 10.4. The molecule has 0 aromatic rings. The fourth-order valence-electron chi connectivity index (χ4n) is 3.86. The molecule has 6 nitrogen and oxygen atoms in total. The molecule has 2 heterocycles.